The van der Waals surface area contributed by atoms with Crippen molar-refractivity contribution in [2.45, 2.75) is 13.5 Å². The smallest absolute Gasteiger partial charge is 0.228 e. The molecule has 5 heteroatoms. The molecule has 0 bridgehead atoms. The number of hydrogen-bond donors (Lipinski definition) is 2. The van der Waals surface area contributed by atoms with E-state index in [2.05, 4.69) is 5.43 Å². The van der Waals surface area contributed by atoms with Crippen molar-refractivity contribution in [3.05, 3.63) is 29.3 Å². The van der Waals surface area contributed by atoms with E-state index in [0.29, 0.717) is 25.1 Å². The number of aryl methyl sites for hydroxylation is 1. The largest absolute Gasteiger partial charge is 0.399 e. The van der Waals surface area contributed by atoms with Crippen LogP contribution in [0.2, 0.25) is 0 Å². The highest BCUT2D eigenvalue weighted by Crippen LogP contribution is 2.13. The number of benzene rings is 1. The molecule has 0 radical (unpaired) electrons. The van der Waals surface area contributed by atoms with E-state index in [0.717, 1.165) is 16.1 Å². The van der Waals surface area contributed by atoms with Crippen molar-refractivity contribution in [1.29, 1.82) is 0 Å². The molecule has 80 valence electrons. The van der Waals surface area contributed by atoms with Gasteiger partial charge in [0.25, 0.3) is 0 Å². The Morgan fingerprint density at radius 3 is 2.80 bits per heavy atom. The normalized spacial score (nSPS) is 9.40. The Morgan fingerprint density at radius 2 is 2.20 bits per heavy atom. The fraction of sp³-hybridized carbons (Fsp3) is 0.200. The fourth-order valence-electron chi connectivity index (χ4n) is 1.23. The van der Waals surface area contributed by atoms with Gasteiger partial charge in [-0.2, -0.15) is 0 Å². The first-order chi connectivity index (χ1) is 7.17. The maximum Gasteiger partial charge on any atom is 0.228 e. The van der Waals surface area contributed by atoms with Gasteiger partial charge in [-0.25, -0.2) is 0 Å². The summed E-state index contributed by atoms with van der Waals surface area (Å²) in [6.07, 6.45) is 1.01. The molecule has 0 atom stereocenters. The van der Waals surface area contributed by atoms with Gasteiger partial charge >= 0.3 is 0 Å². The molecule has 0 unspecified atom stereocenters. The van der Waals surface area contributed by atoms with Crippen molar-refractivity contribution < 1.29 is 9.59 Å². The summed E-state index contributed by atoms with van der Waals surface area (Å²) in [7, 11) is 0. The lowest BCUT2D eigenvalue weighted by Gasteiger charge is -2.16. The first-order valence-corrected chi connectivity index (χ1v) is 4.44. The van der Waals surface area contributed by atoms with E-state index in [1.807, 2.05) is 13.0 Å². The van der Waals surface area contributed by atoms with Crippen LogP contribution in [0.1, 0.15) is 11.1 Å². The Bertz CT molecular complexity index is 366. The molecule has 2 amide bonds. The molecule has 5 nitrogen and oxygen atoms in total. The van der Waals surface area contributed by atoms with Crippen LogP contribution in [0.3, 0.4) is 0 Å². The maximum absolute atomic E-state index is 10.6. The molecule has 0 heterocycles. The zero-order valence-electron chi connectivity index (χ0n) is 8.43. The topological polar surface area (TPSA) is 75.4 Å². The van der Waals surface area contributed by atoms with Gasteiger partial charge in [-0.15, -0.1) is 0 Å². The third-order valence-electron chi connectivity index (χ3n) is 2.06. The molecule has 0 spiro atoms. The molecule has 0 aliphatic heterocycles. The number of carbonyl (C=O) groups excluding carboxylic acids is 2. The molecule has 15 heavy (non-hydrogen) atoms. The third kappa shape index (κ3) is 2.98. The van der Waals surface area contributed by atoms with Gasteiger partial charge in [0.2, 0.25) is 12.8 Å². The van der Waals surface area contributed by atoms with Crippen molar-refractivity contribution in [1.82, 2.24) is 10.4 Å². The Balaban J connectivity index is 2.81. The zero-order valence-corrected chi connectivity index (χ0v) is 8.43. The summed E-state index contributed by atoms with van der Waals surface area (Å²) in [6.45, 7) is 2.22. The molecular weight excluding hydrogens is 194 g/mol. The van der Waals surface area contributed by atoms with Crippen LogP contribution in [0.25, 0.3) is 0 Å². The van der Waals surface area contributed by atoms with E-state index in [-0.39, 0.29) is 0 Å². The number of hydrazine groups is 1. The second kappa shape index (κ2) is 4.99. The lowest BCUT2D eigenvalue weighted by Crippen LogP contribution is -2.35. The highest BCUT2D eigenvalue weighted by molar-refractivity contribution is 5.54. The lowest BCUT2D eigenvalue weighted by atomic mass is 10.1. The van der Waals surface area contributed by atoms with E-state index < -0.39 is 0 Å². The minimum atomic E-state index is 0.305. The van der Waals surface area contributed by atoms with E-state index in [4.69, 9.17) is 5.73 Å². The summed E-state index contributed by atoms with van der Waals surface area (Å²) in [5.74, 6) is 0. The SMILES string of the molecule is Cc1ccc(N)cc1CN(C=O)NC=O. The van der Waals surface area contributed by atoms with Crippen LogP contribution >= 0.6 is 0 Å². The van der Waals surface area contributed by atoms with Crippen molar-refractivity contribution >= 4 is 18.5 Å². The van der Waals surface area contributed by atoms with Crippen LogP contribution in [0.15, 0.2) is 18.2 Å². The van der Waals surface area contributed by atoms with Crippen molar-refractivity contribution in [2.24, 2.45) is 0 Å². The van der Waals surface area contributed by atoms with Crippen molar-refractivity contribution in [2.75, 3.05) is 5.73 Å². The second-order valence-electron chi connectivity index (χ2n) is 3.17. The monoisotopic (exact) mass is 207 g/mol. The predicted molar refractivity (Wildman–Crippen MR) is 56.4 cm³/mol. The number of rotatable bonds is 5. The molecule has 0 aromatic heterocycles. The molecule has 3 N–H and O–H groups in total. The quantitative estimate of drug-likeness (QED) is 0.411. The first kappa shape index (κ1) is 11.0. The minimum absolute atomic E-state index is 0.305. The average molecular weight is 207 g/mol. The van der Waals surface area contributed by atoms with Gasteiger partial charge in [0.05, 0.1) is 6.54 Å². The molecule has 1 rings (SSSR count). The maximum atomic E-state index is 10.6. The van der Waals surface area contributed by atoms with Crippen LogP contribution in [-0.2, 0) is 16.1 Å². The average Bonchev–Trinajstić information content (AvgIpc) is 2.22. The summed E-state index contributed by atoms with van der Waals surface area (Å²) in [5, 5.41) is 1.15. The number of amides is 2. The van der Waals surface area contributed by atoms with Gasteiger partial charge in [0, 0.05) is 5.69 Å². The zero-order chi connectivity index (χ0) is 11.3. The van der Waals surface area contributed by atoms with Gasteiger partial charge in [0.15, 0.2) is 0 Å². The van der Waals surface area contributed by atoms with Crippen LogP contribution < -0.4 is 11.2 Å². The molecule has 0 aliphatic rings. The predicted octanol–water partition coefficient (Wildman–Crippen LogP) is 0.197. The Hall–Kier alpha value is -2.04. The van der Waals surface area contributed by atoms with E-state index in [9.17, 15) is 9.59 Å². The van der Waals surface area contributed by atoms with Crippen molar-refractivity contribution in [3.8, 4) is 0 Å². The highest BCUT2D eigenvalue weighted by atomic mass is 16.2. The summed E-state index contributed by atoms with van der Waals surface area (Å²) in [5.41, 5.74) is 10.4. The van der Waals surface area contributed by atoms with Gasteiger partial charge in [-0.3, -0.25) is 20.0 Å². The minimum Gasteiger partial charge on any atom is -0.399 e. The van der Waals surface area contributed by atoms with Crippen LogP contribution in [0, 0.1) is 6.92 Å². The van der Waals surface area contributed by atoms with Gasteiger partial charge in [-0.05, 0) is 30.2 Å². The first-order valence-electron chi connectivity index (χ1n) is 4.44. The van der Waals surface area contributed by atoms with Gasteiger partial charge < -0.3 is 5.73 Å². The molecule has 1 aromatic rings. The number of nitrogens with two attached hydrogens (primary N) is 1. The highest BCUT2D eigenvalue weighted by Gasteiger charge is 2.04. The molecule has 0 aliphatic carbocycles. The van der Waals surface area contributed by atoms with Crippen LogP contribution in [-0.4, -0.2) is 17.8 Å². The summed E-state index contributed by atoms with van der Waals surface area (Å²) in [4.78, 5) is 20.7. The lowest BCUT2D eigenvalue weighted by molar-refractivity contribution is -0.127. The standard InChI is InChI=1S/C10H13N3O2/c1-8-2-3-10(11)4-9(8)5-13(7-15)12-6-14/h2-4,6-7H,5,11H2,1H3,(H,12,14). The van der Waals surface area contributed by atoms with Gasteiger partial charge in [-0.1, -0.05) is 6.07 Å². The summed E-state index contributed by atoms with van der Waals surface area (Å²) in [6, 6.07) is 5.43. The second-order valence-corrected chi connectivity index (χ2v) is 3.17. The van der Waals surface area contributed by atoms with Crippen LogP contribution in [0.4, 0.5) is 5.69 Å². The number of nitrogens with zero attached hydrogens (tertiary/aromatic N) is 1. The van der Waals surface area contributed by atoms with Crippen molar-refractivity contribution in [3.63, 3.8) is 0 Å². The Kier molecular flexibility index (Phi) is 3.68. The summed E-state index contributed by atoms with van der Waals surface area (Å²) < 4.78 is 0. The number of nitrogens with one attached hydrogen (secondary N) is 1. The Labute approximate surface area is 87.8 Å². The number of anilines is 1. The van der Waals surface area contributed by atoms with E-state index >= 15 is 0 Å². The summed E-state index contributed by atoms with van der Waals surface area (Å²) >= 11 is 0. The molecular formula is C10H13N3O2. The fourth-order valence-corrected chi connectivity index (χ4v) is 1.23. The number of hydrogen-bond acceptors (Lipinski definition) is 3. The van der Waals surface area contributed by atoms with Crippen LogP contribution in [0.5, 0.6) is 0 Å². The van der Waals surface area contributed by atoms with E-state index in [1.54, 1.807) is 12.1 Å². The number of nitrogen functional groups attached to an aromatic ring is 1. The molecule has 1 aromatic carbocycles. The molecule has 0 saturated carbocycles. The van der Waals surface area contributed by atoms with Gasteiger partial charge in [0.1, 0.15) is 0 Å². The molecule has 0 fully saturated rings. The third-order valence-corrected chi connectivity index (χ3v) is 2.06. The number of carbonyl (C=O) groups is 2. The van der Waals surface area contributed by atoms with E-state index in [1.165, 1.54) is 0 Å². The molecule has 0 saturated heterocycles. The Morgan fingerprint density at radius 1 is 1.47 bits per heavy atom.